The van der Waals surface area contributed by atoms with Crippen LogP contribution >= 0.6 is 0 Å². The molecule has 156 valence electrons. The minimum atomic E-state index is 0.131. The molecule has 0 unspecified atom stereocenters. The number of aromatic nitrogens is 4. The molecule has 0 atom stereocenters. The Morgan fingerprint density at radius 1 is 0.967 bits per heavy atom. The molecule has 4 heterocycles. The summed E-state index contributed by atoms with van der Waals surface area (Å²) in [5, 5.41) is 0. The minimum absolute atomic E-state index is 0.131. The van der Waals surface area contributed by atoms with Crippen LogP contribution in [-0.4, -0.2) is 56.9 Å². The van der Waals surface area contributed by atoms with Crippen molar-refractivity contribution in [1.82, 2.24) is 24.8 Å². The van der Waals surface area contributed by atoms with Crippen molar-refractivity contribution < 1.29 is 4.79 Å². The van der Waals surface area contributed by atoms with Gasteiger partial charge in [-0.1, -0.05) is 30.3 Å². The van der Waals surface area contributed by atoms with E-state index in [0.29, 0.717) is 17.5 Å². The van der Waals surface area contributed by atoms with Gasteiger partial charge in [0.05, 0.1) is 6.33 Å². The van der Waals surface area contributed by atoms with E-state index in [1.165, 1.54) is 5.56 Å². The number of carbonyl (C=O) groups is 1. The Bertz CT molecular complexity index is 987. The molecule has 0 spiro atoms. The lowest BCUT2D eigenvalue weighted by Gasteiger charge is -2.37. The zero-order valence-corrected chi connectivity index (χ0v) is 17.2. The number of aromatic amines is 1. The van der Waals surface area contributed by atoms with Crippen LogP contribution in [0.25, 0.3) is 11.2 Å². The van der Waals surface area contributed by atoms with E-state index in [0.717, 1.165) is 69.6 Å². The van der Waals surface area contributed by atoms with Crippen LogP contribution in [0.2, 0.25) is 0 Å². The normalized spacial score (nSPS) is 18.8. The van der Waals surface area contributed by atoms with Crippen LogP contribution in [0.3, 0.4) is 0 Å². The van der Waals surface area contributed by atoms with Crippen LogP contribution in [-0.2, 0) is 11.2 Å². The van der Waals surface area contributed by atoms with Gasteiger partial charge in [-0.25, -0.2) is 15.0 Å². The molecule has 7 nitrogen and oxygen atoms in total. The number of fused-ring (bicyclic) bond motifs is 1. The van der Waals surface area contributed by atoms with Crippen LogP contribution in [0.15, 0.2) is 43.0 Å². The van der Waals surface area contributed by atoms with E-state index in [1.807, 2.05) is 0 Å². The van der Waals surface area contributed by atoms with Gasteiger partial charge in [-0.15, -0.1) is 0 Å². The number of H-pyrrole nitrogens is 1. The van der Waals surface area contributed by atoms with Gasteiger partial charge in [0.2, 0.25) is 5.91 Å². The van der Waals surface area contributed by atoms with E-state index in [1.54, 1.807) is 12.7 Å². The maximum absolute atomic E-state index is 13.1. The molecule has 2 aliphatic heterocycles. The van der Waals surface area contributed by atoms with Gasteiger partial charge < -0.3 is 14.8 Å². The smallest absolute Gasteiger partial charge is 0.225 e. The summed E-state index contributed by atoms with van der Waals surface area (Å²) < 4.78 is 0. The number of hydrogen-bond donors (Lipinski definition) is 1. The fourth-order valence-corrected chi connectivity index (χ4v) is 4.89. The molecular weight excluding hydrogens is 376 g/mol. The Hall–Kier alpha value is -2.96. The topological polar surface area (TPSA) is 78.0 Å². The van der Waals surface area contributed by atoms with Gasteiger partial charge in [0, 0.05) is 32.1 Å². The molecular formula is C23H28N6O. The van der Waals surface area contributed by atoms with E-state index in [4.69, 9.17) is 0 Å². The molecule has 2 fully saturated rings. The Kier molecular flexibility index (Phi) is 5.34. The molecule has 0 bridgehead atoms. The minimum Gasteiger partial charge on any atom is -0.355 e. The van der Waals surface area contributed by atoms with E-state index in [2.05, 4.69) is 60.1 Å². The van der Waals surface area contributed by atoms with Gasteiger partial charge in [0.15, 0.2) is 11.5 Å². The van der Waals surface area contributed by atoms with Crippen molar-refractivity contribution >= 4 is 22.9 Å². The first-order valence-corrected chi connectivity index (χ1v) is 11.0. The zero-order chi connectivity index (χ0) is 20.3. The summed E-state index contributed by atoms with van der Waals surface area (Å²) in [4.78, 5) is 33.5. The number of rotatable bonds is 4. The summed E-state index contributed by atoms with van der Waals surface area (Å²) in [6, 6.07) is 10.7. The van der Waals surface area contributed by atoms with Crippen molar-refractivity contribution in [2.24, 2.45) is 11.8 Å². The Labute approximate surface area is 176 Å². The largest absolute Gasteiger partial charge is 0.355 e. The predicted octanol–water partition coefficient (Wildman–Crippen LogP) is 3.05. The van der Waals surface area contributed by atoms with Crippen molar-refractivity contribution in [3.8, 4) is 0 Å². The highest BCUT2D eigenvalue weighted by atomic mass is 16.2. The molecule has 30 heavy (non-hydrogen) atoms. The van der Waals surface area contributed by atoms with E-state index >= 15 is 0 Å². The van der Waals surface area contributed by atoms with Gasteiger partial charge in [0.1, 0.15) is 11.8 Å². The van der Waals surface area contributed by atoms with Crippen LogP contribution in [0, 0.1) is 11.8 Å². The standard InChI is InChI=1S/C23H28N6O/c30-23(29-10-6-18(7-11-29)14-17-4-2-1-3-5-17)19-8-12-28(13-9-19)22-20-21(25-15-24-20)26-16-27-22/h1-5,15-16,18-19H,6-14H2,(H,24,25,26,27). The fraction of sp³-hybridized carbons (Fsp3) is 0.478. The Morgan fingerprint density at radius 2 is 1.73 bits per heavy atom. The molecule has 2 aliphatic rings. The first-order valence-electron chi connectivity index (χ1n) is 11.0. The van der Waals surface area contributed by atoms with E-state index in [-0.39, 0.29) is 5.92 Å². The number of imidazole rings is 1. The molecule has 2 aromatic heterocycles. The lowest BCUT2D eigenvalue weighted by Crippen LogP contribution is -2.45. The summed E-state index contributed by atoms with van der Waals surface area (Å²) >= 11 is 0. The number of benzene rings is 1. The Morgan fingerprint density at radius 3 is 2.50 bits per heavy atom. The number of nitrogens with one attached hydrogen (secondary N) is 1. The third-order valence-corrected chi connectivity index (χ3v) is 6.64. The summed E-state index contributed by atoms with van der Waals surface area (Å²) in [6.45, 7) is 3.48. The van der Waals surface area contributed by atoms with Crippen molar-refractivity contribution in [1.29, 1.82) is 0 Å². The summed E-state index contributed by atoms with van der Waals surface area (Å²) in [7, 11) is 0. The third-order valence-electron chi connectivity index (χ3n) is 6.64. The highest BCUT2D eigenvalue weighted by molar-refractivity contribution is 5.83. The van der Waals surface area contributed by atoms with Gasteiger partial charge in [0.25, 0.3) is 0 Å². The van der Waals surface area contributed by atoms with Crippen molar-refractivity contribution in [2.75, 3.05) is 31.1 Å². The van der Waals surface area contributed by atoms with E-state index in [9.17, 15) is 4.79 Å². The molecule has 7 heteroatoms. The monoisotopic (exact) mass is 404 g/mol. The first kappa shape index (κ1) is 19.0. The number of nitrogens with zero attached hydrogens (tertiary/aromatic N) is 5. The fourth-order valence-electron chi connectivity index (χ4n) is 4.89. The third kappa shape index (κ3) is 3.88. The number of anilines is 1. The second-order valence-electron chi connectivity index (χ2n) is 8.52. The highest BCUT2D eigenvalue weighted by Crippen LogP contribution is 2.28. The van der Waals surface area contributed by atoms with Gasteiger partial charge in [-0.2, -0.15) is 0 Å². The maximum atomic E-state index is 13.1. The number of amides is 1. The summed E-state index contributed by atoms with van der Waals surface area (Å²) in [5.74, 6) is 2.06. The highest BCUT2D eigenvalue weighted by Gasteiger charge is 2.31. The molecule has 1 aromatic carbocycles. The van der Waals surface area contributed by atoms with Gasteiger partial charge in [-0.05, 0) is 43.6 Å². The maximum Gasteiger partial charge on any atom is 0.225 e. The summed E-state index contributed by atoms with van der Waals surface area (Å²) in [6.07, 6.45) is 8.32. The number of carbonyl (C=O) groups excluding carboxylic acids is 1. The predicted molar refractivity (Wildman–Crippen MR) is 116 cm³/mol. The van der Waals surface area contributed by atoms with Crippen LogP contribution in [0.5, 0.6) is 0 Å². The van der Waals surface area contributed by atoms with Gasteiger partial charge >= 0.3 is 0 Å². The van der Waals surface area contributed by atoms with Crippen LogP contribution in [0.1, 0.15) is 31.2 Å². The second kappa shape index (κ2) is 8.42. The molecule has 2 saturated heterocycles. The average molecular weight is 405 g/mol. The zero-order valence-electron chi connectivity index (χ0n) is 17.2. The average Bonchev–Trinajstić information content (AvgIpc) is 3.29. The quantitative estimate of drug-likeness (QED) is 0.723. The lowest BCUT2D eigenvalue weighted by molar-refractivity contribution is -0.137. The number of piperidine rings is 2. The second-order valence-corrected chi connectivity index (χ2v) is 8.52. The first-order chi connectivity index (χ1) is 14.8. The van der Waals surface area contributed by atoms with Crippen molar-refractivity contribution in [3.05, 3.63) is 48.5 Å². The molecule has 0 aliphatic carbocycles. The summed E-state index contributed by atoms with van der Waals surface area (Å²) in [5.41, 5.74) is 2.98. The van der Waals surface area contributed by atoms with Crippen LogP contribution in [0.4, 0.5) is 5.82 Å². The lowest BCUT2D eigenvalue weighted by atomic mass is 9.88. The van der Waals surface area contributed by atoms with E-state index < -0.39 is 0 Å². The molecule has 5 rings (SSSR count). The molecule has 0 saturated carbocycles. The molecule has 1 amide bonds. The molecule has 3 aromatic rings. The molecule has 1 N–H and O–H groups in total. The van der Waals surface area contributed by atoms with Crippen molar-refractivity contribution in [3.63, 3.8) is 0 Å². The van der Waals surface area contributed by atoms with Gasteiger partial charge in [-0.3, -0.25) is 4.79 Å². The number of hydrogen-bond acceptors (Lipinski definition) is 5. The van der Waals surface area contributed by atoms with Crippen LogP contribution < -0.4 is 4.90 Å². The van der Waals surface area contributed by atoms with Crippen molar-refractivity contribution in [2.45, 2.75) is 32.1 Å². The molecule has 0 radical (unpaired) electrons. The Balaban J connectivity index is 1.13. The number of likely N-dealkylation sites (tertiary alicyclic amines) is 1. The SMILES string of the molecule is O=C(C1CCN(c2ncnc3nc[nH]c23)CC1)N1CCC(Cc2ccccc2)CC1.